The van der Waals surface area contributed by atoms with Gasteiger partial charge in [-0.15, -0.1) is 0 Å². The molecule has 0 saturated heterocycles. The maximum absolute atomic E-state index is 12.7. The lowest BCUT2D eigenvalue weighted by atomic mass is 10.1. The SMILES string of the molecule is CC(C)S(=O)(=O)CCN(C)C(=O)O[C@@H](Cc1ccccc1)C(=O)OCc1ccccc1. The van der Waals surface area contributed by atoms with Gasteiger partial charge in [0.15, 0.2) is 9.84 Å². The molecule has 2 aromatic carbocycles. The first-order valence-corrected chi connectivity index (χ1v) is 11.8. The molecule has 0 saturated carbocycles. The molecule has 0 aliphatic carbocycles. The predicted molar refractivity (Wildman–Crippen MR) is 118 cm³/mol. The Labute approximate surface area is 183 Å². The van der Waals surface area contributed by atoms with Gasteiger partial charge in [-0.2, -0.15) is 0 Å². The van der Waals surface area contributed by atoms with Crippen molar-refractivity contribution >= 4 is 21.9 Å². The minimum atomic E-state index is -3.30. The van der Waals surface area contributed by atoms with Crippen LogP contribution in [0.5, 0.6) is 0 Å². The number of amides is 1. The molecule has 168 valence electrons. The second-order valence-electron chi connectivity index (χ2n) is 7.49. The summed E-state index contributed by atoms with van der Waals surface area (Å²) >= 11 is 0. The van der Waals surface area contributed by atoms with Gasteiger partial charge in [0.1, 0.15) is 6.61 Å². The van der Waals surface area contributed by atoms with E-state index in [4.69, 9.17) is 9.47 Å². The molecule has 0 unspecified atom stereocenters. The molecule has 0 N–H and O–H groups in total. The Morgan fingerprint density at radius 1 is 0.935 bits per heavy atom. The van der Waals surface area contributed by atoms with Crippen LogP contribution < -0.4 is 0 Å². The molecular weight excluding hydrogens is 418 g/mol. The monoisotopic (exact) mass is 447 g/mol. The van der Waals surface area contributed by atoms with Crippen LogP contribution in [0.4, 0.5) is 4.79 Å². The number of carbonyl (C=O) groups is 2. The molecule has 2 aromatic rings. The smallest absolute Gasteiger partial charge is 0.410 e. The third-order valence-electron chi connectivity index (χ3n) is 4.73. The summed E-state index contributed by atoms with van der Waals surface area (Å²) in [5.41, 5.74) is 1.62. The average Bonchev–Trinajstić information content (AvgIpc) is 2.76. The molecule has 1 amide bonds. The molecule has 7 nitrogen and oxygen atoms in total. The summed E-state index contributed by atoms with van der Waals surface area (Å²) in [6.45, 7) is 3.21. The number of carbonyl (C=O) groups excluding carboxylic acids is 2. The van der Waals surface area contributed by atoms with Gasteiger partial charge in [0, 0.05) is 20.0 Å². The van der Waals surface area contributed by atoms with Crippen LogP contribution >= 0.6 is 0 Å². The second kappa shape index (κ2) is 11.5. The first-order chi connectivity index (χ1) is 14.7. The van der Waals surface area contributed by atoms with Crippen molar-refractivity contribution in [1.82, 2.24) is 4.90 Å². The number of hydrogen-bond acceptors (Lipinski definition) is 6. The number of ether oxygens (including phenoxy) is 2. The summed E-state index contributed by atoms with van der Waals surface area (Å²) in [5.74, 6) is -0.845. The van der Waals surface area contributed by atoms with Crippen LogP contribution in [0, 0.1) is 0 Å². The number of benzene rings is 2. The molecule has 1 atom stereocenters. The normalized spacial score (nSPS) is 12.3. The molecule has 0 aliphatic heterocycles. The third kappa shape index (κ3) is 8.05. The fourth-order valence-electron chi connectivity index (χ4n) is 2.63. The largest absolute Gasteiger partial charge is 0.458 e. The zero-order valence-electron chi connectivity index (χ0n) is 18.1. The van der Waals surface area contributed by atoms with Gasteiger partial charge in [0.05, 0.1) is 11.0 Å². The standard InChI is InChI=1S/C23H29NO6S/c1-18(2)31(27,28)15-14-24(3)23(26)30-21(16-19-10-6-4-7-11-19)22(25)29-17-20-12-8-5-9-13-20/h4-13,18,21H,14-17H2,1-3H3/t21-/m0/s1. The van der Waals surface area contributed by atoms with Crippen molar-refractivity contribution in [2.75, 3.05) is 19.3 Å². The van der Waals surface area contributed by atoms with E-state index in [-0.39, 0.29) is 25.3 Å². The van der Waals surface area contributed by atoms with Crippen LogP contribution in [0.2, 0.25) is 0 Å². The Hall–Kier alpha value is -2.87. The Balaban J connectivity index is 2.03. The highest BCUT2D eigenvalue weighted by molar-refractivity contribution is 7.92. The maximum Gasteiger partial charge on any atom is 0.410 e. The maximum atomic E-state index is 12.7. The summed E-state index contributed by atoms with van der Waals surface area (Å²) in [7, 11) is -1.86. The lowest BCUT2D eigenvalue weighted by molar-refractivity contribution is -0.155. The minimum absolute atomic E-state index is 0.0313. The number of rotatable bonds is 10. The summed E-state index contributed by atoms with van der Waals surface area (Å²) in [5, 5.41) is -0.532. The van der Waals surface area contributed by atoms with Crippen LogP contribution in [-0.4, -0.2) is 56.1 Å². The van der Waals surface area contributed by atoms with Gasteiger partial charge in [-0.3, -0.25) is 0 Å². The van der Waals surface area contributed by atoms with Gasteiger partial charge in [0.25, 0.3) is 0 Å². The average molecular weight is 448 g/mol. The first kappa shape index (κ1) is 24.4. The Kier molecular flexibility index (Phi) is 9.05. The number of esters is 1. The van der Waals surface area contributed by atoms with Crippen molar-refractivity contribution in [3.8, 4) is 0 Å². The molecule has 0 bridgehead atoms. The molecule has 2 rings (SSSR count). The van der Waals surface area contributed by atoms with E-state index in [0.717, 1.165) is 16.0 Å². The summed E-state index contributed by atoms with van der Waals surface area (Å²) in [6.07, 6.45) is -1.78. The lowest BCUT2D eigenvalue weighted by Crippen LogP contribution is -2.39. The zero-order valence-corrected chi connectivity index (χ0v) is 18.9. The quantitative estimate of drug-likeness (QED) is 0.520. The number of nitrogens with zero attached hydrogens (tertiary/aromatic N) is 1. The lowest BCUT2D eigenvalue weighted by Gasteiger charge is -2.22. The van der Waals surface area contributed by atoms with E-state index in [0.29, 0.717) is 0 Å². The van der Waals surface area contributed by atoms with Gasteiger partial charge in [-0.05, 0) is 25.0 Å². The van der Waals surface area contributed by atoms with E-state index >= 15 is 0 Å². The molecule has 0 fully saturated rings. The number of sulfone groups is 1. The molecular formula is C23H29NO6S. The Morgan fingerprint density at radius 2 is 1.48 bits per heavy atom. The van der Waals surface area contributed by atoms with Gasteiger partial charge in [0.2, 0.25) is 6.10 Å². The topological polar surface area (TPSA) is 90.0 Å². The van der Waals surface area contributed by atoms with E-state index in [1.165, 1.54) is 7.05 Å². The van der Waals surface area contributed by atoms with Crippen LogP contribution in [0.3, 0.4) is 0 Å². The molecule has 31 heavy (non-hydrogen) atoms. The van der Waals surface area contributed by atoms with Crippen molar-refractivity contribution < 1.29 is 27.5 Å². The molecule has 0 heterocycles. The minimum Gasteiger partial charge on any atom is -0.458 e. The Bertz CT molecular complexity index is 945. The van der Waals surface area contributed by atoms with Crippen LogP contribution in [0.1, 0.15) is 25.0 Å². The molecule has 0 aromatic heterocycles. The van der Waals surface area contributed by atoms with Crippen LogP contribution in [0.15, 0.2) is 60.7 Å². The molecule has 0 radical (unpaired) electrons. The highest BCUT2D eigenvalue weighted by Gasteiger charge is 2.27. The zero-order chi connectivity index (χ0) is 22.9. The fraction of sp³-hybridized carbons (Fsp3) is 0.391. The van der Waals surface area contributed by atoms with Crippen molar-refractivity contribution in [2.45, 2.75) is 38.2 Å². The van der Waals surface area contributed by atoms with Crippen LogP contribution in [-0.2, 0) is 37.1 Å². The van der Waals surface area contributed by atoms with E-state index in [1.807, 2.05) is 60.7 Å². The van der Waals surface area contributed by atoms with Crippen molar-refractivity contribution in [3.63, 3.8) is 0 Å². The molecule has 0 spiro atoms. The molecule has 0 aliphatic rings. The van der Waals surface area contributed by atoms with Gasteiger partial charge >= 0.3 is 12.1 Å². The highest BCUT2D eigenvalue weighted by atomic mass is 32.2. The molecule has 8 heteroatoms. The summed E-state index contributed by atoms with van der Waals surface area (Å²) in [6, 6.07) is 18.3. The number of hydrogen-bond donors (Lipinski definition) is 0. The summed E-state index contributed by atoms with van der Waals surface area (Å²) in [4.78, 5) is 26.3. The predicted octanol–water partition coefficient (Wildman–Crippen LogP) is 3.23. The highest BCUT2D eigenvalue weighted by Crippen LogP contribution is 2.12. The van der Waals surface area contributed by atoms with E-state index in [2.05, 4.69) is 0 Å². The Morgan fingerprint density at radius 3 is 2.03 bits per heavy atom. The van der Waals surface area contributed by atoms with Gasteiger partial charge < -0.3 is 14.4 Å². The van der Waals surface area contributed by atoms with E-state index in [9.17, 15) is 18.0 Å². The van der Waals surface area contributed by atoms with Gasteiger partial charge in [-0.25, -0.2) is 18.0 Å². The van der Waals surface area contributed by atoms with Crippen molar-refractivity contribution in [1.29, 1.82) is 0 Å². The third-order valence-corrected chi connectivity index (χ3v) is 6.92. The summed E-state index contributed by atoms with van der Waals surface area (Å²) < 4.78 is 34.8. The van der Waals surface area contributed by atoms with E-state index < -0.39 is 33.3 Å². The van der Waals surface area contributed by atoms with E-state index in [1.54, 1.807) is 13.8 Å². The second-order valence-corrected chi connectivity index (χ2v) is 10.2. The first-order valence-electron chi connectivity index (χ1n) is 10.1. The van der Waals surface area contributed by atoms with Crippen molar-refractivity contribution in [2.24, 2.45) is 0 Å². The van der Waals surface area contributed by atoms with Crippen LogP contribution in [0.25, 0.3) is 0 Å². The van der Waals surface area contributed by atoms with Gasteiger partial charge in [-0.1, -0.05) is 60.7 Å². The van der Waals surface area contributed by atoms with Crippen molar-refractivity contribution in [3.05, 3.63) is 71.8 Å². The fourth-order valence-corrected chi connectivity index (χ4v) is 3.63.